The van der Waals surface area contributed by atoms with Gasteiger partial charge in [-0.05, 0) is 61.6 Å². The van der Waals surface area contributed by atoms with Gasteiger partial charge in [-0.15, -0.1) is 0 Å². The lowest BCUT2D eigenvalue weighted by Gasteiger charge is -2.37. The van der Waals surface area contributed by atoms with E-state index in [4.69, 9.17) is 11.6 Å². The van der Waals surface area contributed by atoms with E-state index in [2.05, 4.69) is 20.6 Å². The second kappa shape index (κ2) is 11.6. The first-order valence-corrected chi connectivity index (χ1v) is 13.9. The van der Waals surface area contributed by atoms with Gasteiger partial charge in [0.1, 0.15) is 11.7 Å². The predicted octanol–water partition coefficient (Wildman–Crippen LogP) is 6.00. The van der Waals surface area contributed by atoms with E-state index in [1.807, 2.05) is 35.4 Å². The molecule has 7 nitrogen and oxygen atoms in total. The topological polar surface area (TPSA) is 90.1 Å². The number of para-hydroxylation sites is 1. The Labute approximate surface area is 240 Å². The van der Waals surface area contributed by atoms with Crippen LogP contribution in [-0.2, 0) is 22.2 Å². The number of nitrogens with one attached hydrogen (secondary N) is 3. The summed E-state index contributed by atoms with van der Waals surface area (Å²) in [6.07, 6.45) is 0.247. The van der Waals surface area contributed by atoms with Crippen molar-refractivity contribution < 1.29 is 22.8 Å². The van der Waals surface area contributed by atoms with Gasteiger partial charge in [-0.3, -0.25) is 9.59 Å². The van der Waals surface area contributed by atoms with E-state index >= 15 is 0 Å². The number of amides is 2. The molecule has 5 rings (SSSR count). The number of benzene rings is 2. The lowest BCUT2D eigenvalue weighted by Crippen LogP contribution is -2.51. The van der Waals surface area contributed by atoms with Crippen LogP contribution in [0.4, 0.5) is 18.9 Å². The molecule has 2 heterocycles. The second-order valence-electron chi connectivity index (χ2n) is 10.6. The Morgan fingerprint density at radius 2 is 1.83 bits per heavy atom. The van der Waals surface area contributed by atoms with Crippen LogP contribution in [0.25, 0.3) is 21.8 Å². The summed E-state index contributed by atoms with van der Waals surface area (Å²) in [6.45, 7) is 1.39. The molecule has 41 heavy (non-hydrogen) atoms. The zero-order valence-electron chi connectivity index (χ0n) is 22.7. The third-order valence-electron chi connectivity index (χ3n) is 7.80. The van der Waals surface area contributed by atoms with E-state index in [0.29, 0.717) is 48.2 Å². The van der Waals surface area contributed by atoms with Crippen LogP contribution in [0.3, 0.4) is 0 Å². The molecule has 3 N–H and O–H groups in total. The van der Waals surface area contributed by atoms with Crippen molar-refractivity contribution in [1.29, 1.82) is 0 Å². The van der Waals surface area contributed by atoms with E-state index < -0.39 is 17.9 Å². The maximum atomic E-state index is 13.6. The number of hydrogen-bond acceptors (Lipinski definition) is 4. The van der Waals surface area contributed by atoms with Crippen molar-refractivity contribution in [1.82, 2.24) is 20.6 Å². The minimum absolute atomic E-state index is 0.0359. The summed E-state index contributed by atoms with van der Waals surface area (Å²) in [5.74, 6) is -0.551. The van der Waals surface area contributed by atoms with Gasteiger partial charge in [-0.25, -0.2) is 4.98 Å². The zero-order valence-corrected chi connectivity index (χ0v) is 23.4. The summed E-state index contributed by atoms with van der Waals surface area (Å²) in [7, 11) is 1.79. The van der Waals surface area contributed by atoms with E-state index in [-0.39, 0.29) is 29.4 Å². The zero-order chi connectivity index (χ0) is 29.3. The van der Waals surface area contributed by atoms with Gasteiger partial charge in [0.2, 0.25) is 11.8 Å². The molecular weight excluding hydrogens is 555 g/mol. The van der Waals surface area contributed by atoms with E-state index in [9.17, 15) is 22.8 Å². The summed E-state index contributed by atoms with van der Waals surface area (Å²) < 4.78 is 40.9. The Hall–Kier alpha value is -3.79. The van der Waals surface area contributed by atoms with Gasteiger partial charge >= 0.3 is 6.18 Å². The first-order valence-electron chi connectivity index (χ1n) is 13.5. The molecule has 216 valence electrons. The molecule has 0 aliphatic heterocycles. The van der Waals surface area contributed by atoms with Crippen LogP contribution in [0.5, 0.6) is 0 Å². The standard InChI is InChI=1S/C30H31ClF3N5O2/c1-17(40)36-26(13-18-16-35-24-6-4-3-5-22(18)24)29(41)37-20-8-10-21(11-9-20)39(2)27-15-28(30(32,33)34)38-25-12-7-19(31)14-23(25)27/h3-7,12,14-16,20-21,26,35H,8-11,13H2,1-2H3,(H,36,40)(H,37,41)/t20?,21?,26-/m1/s1. The number of carbonyl (C=O) groups excluding carboxylic acids is 2. The Morgan fingerprint density at radius 3 is 2.54 bits per heavy atom. The molecule has 0 radical (unpaired) electrons. The first kappa shape index (κ1) is 28.7. The number of hydrogen-bond donors (Lipinski definition) is 3. The molecule has 0 spiro atoms. The summed E-state index contributed by atoms with van der Waals surface area (Å²) >= 11 is 6.17. The predicted molar refractivity (Wildman–Crippen MR) is 154 cm³/mol. The molecule has 1 atom stereocenters. The number of alkyl halides is 3. The number of aromatic nitrogens is 2. The first-order chi connectivity index (χ1) is 19.5. The van der Waals surface area contributed by atoms with Gasteiger partial charge in [0.05, 0.1) is 5.52 Å². The third kappa shape index (κ3) is 6.43. The number of H-pyrrole nitrogens is 1. The fourth-order valence-electron chi connectivity index (χ4n) is 5.70. The molecule has 4 aromatic rings. The number of anilines is 1. The molecule has 0 unspecified atom stereocenters. The number of carbonyl (C=O) groups is 2. The van der Waals surface area contributed by atoms with Gasteiger partial charge in [-0.1, -0.05) is 29.8 Å². The Balaban J connectivity index is 1.27. The highest BCUT2D eigenvalue weighted by molar-refractivity contribution is 6.31. The minimum Gasteiger partial charge on any atom is -0.371 e. The fourth-order valence-corrected chi connectivity index (χ4v) is 5.87. The summed E-state index contributed by atoms with van der Waals surface area (Å²) in [5.41, 5.74) is 1.59. The molecule has 2 amide bonds. The van der Waals surface area contributed by atoms with E-state index in [1.165, 1.54) is 19.1 Å². The largest absolute Gasteiger partial charge is 0.433 e. The van der Waals surface area contributed by atoms with Crippen molar-refractivity contribution in [3.63, 3.8) is 0 Å². The Kier molecular flexibility index (Phi) is 8.13. The number of rotatable bonds is 7. The molecule has 1 aliphatic carbocycles. The quantitative estimate of drug-likeness (QED) is 0.248. The molecule has 1 fully saturated rings. The molecule has 0 bridgehead atoms. The van der Waals surface area contributed by atoms with E-state index in [1.54, 1.807) is 13.1 Å². The highest BCUT2D eigenvalue weighted by Gasteiger charge is 2.35. The second-order valence-corrected chi connectivity index (χ2v) is 11.1. The lowest BCUT2D eigenvalue weighted by atomic mass is 9.89. The molecule has 0 saturated heterocycles. The number of aromatic amines is 1. The summed E-state index contributed by atoms with van der Waals surface area (Å²) in [5, 5.41) is 7.84. The summed E-state index contributed by atoms with van der Waals surface area (Å²) in [4.78, 5) is 34.1. The molecular formula is C30H31ClF3N5O2. The van der Waals surface area contributed by atoms with Crippen molar-refractivity contribution in [2.45, 2.75) is 63.3 Å². The van der Waals surface area contributed by atoms with Crippen LogP contribution in [0, 0.1) is 0 Å². The van der Waals surface area contributed by atoms with Gasteiger partial charge in [0, 0.05) is 65.7 Å². The molecule has 11 heteroatoms. The maximum Gasteiger partial charge on any atom is 0.433 e. The molecule has 2 aromatic carbocycles. The molecule has 2 aromatic heterocycles. The van der Waals surface area contributed by atoms with Crippen molar-refractivity contribution in [3.05, 3.63) is 71.0 Å². The Morgan fingerprint density at radius 1 is 1.10 bits per heavy atom. The van der Waals surface area contributed by atoms with Crippen molar-refractivity contribution >= 4 is 50.9 Å². The van der Waals surface area contributed by atoms with Crippen LogP contribution >= 0.6 is 11.6 Å². The lowest BCUT2D eigenvalue weighted by molar-refractivity contribution is -0.141. The van der Waals surface area contributed by atoms with Crippen LogP contribution < -0.4 is 15.5 Å². The van der Waals surface area contributed by atoms with Crippen molar-refractivity contribution in [2.24, 2.45) is 0 Å². The monoisotopic (exact) mass is 585 g/mol. The molecule has 1 aliphatic rings. The van der Waals surface area contributed by atoms with Gasteiger partial charge in [0.15, 0.2) is 0 Å². The number of nitrogens with zero attached hydrogens (tertiary/aromatic N) is 2. The SMILES string of the molecule is CC(=O)N[C@H](Cc1c[nH]c2ccccc12)C(=O)NC1CCC(N(C)c2cc(C(F)(F)F)nc3ccc(Cl)cc23)CC1. The Bertz CT molecular complexity index is 1580. The minimum atomic E-state index is -4.58. The van der Waals surface area contributed by atoms with Crippen LogP contribution in [0.1, 0.15) is 43.9 Å². The number of fused-ring (bicyclic) bond motifs is 2. The van der Waals surface area contributed by atoms with Gasteiger partial charge in [-0.2, -0.15) is 13.2 Å². The van der Waals surface area contributed by atoms with E-state index in [0.717, 1.165) is 22.5 Å². The number of halogens is 4. The highest BCUT2D eigenvalue weighted by atomic mass is 35.5. The maximum absolute atomic E-state index is 13.6. The van der Waals surface area contributed by atoms with Crippen molar-refractivity contribution in [2.75, 3.05) is 11.9 Å². The third-order valence-corrected chi connectivity index (χ3v) is 8.04. The number of pyridine rings is 1. The van der Waals surface area contributed by atoms with Gasteiger partial charge in [0.25, 0.3) is 0 Å². The van der Waals surface area contributed by atoms with Crippen LogP contribution in [0.15, 0.2) is 54.7 Å². The molecule has 1 saturated carbocycles. The average molecular weight is 586 g/mol. The van der Waals surface area contributed by atoms with Crippen molar-refractivity contribution in [3.8, 4) is 0 Å². The average Bonchev–Trinajstić information content (AvgIpc) is 3.34. The normalized spacial score (nSPS) is 18.3. The van der Waals surface area contributed by atoms with Crippen LogP contribution in [-0.4, -0.2) is 47.0 Å². The highest BCUT2D eigenvalue weighted by Crippen LogP contribution is 2.37. The van der Waals surface area contributed by atoms with Gasteiger partial charge < -0.3 is 20.5 Å². The van der Waals surface area contributed by atoms with Crippen LogP contribution in [0.2, 0.25) is 5.02 Å². The smallest absolute Gasteiger partial charge is 0.371 e. The summed E-state index contributed by atoms with van der Waals surface area (Å²) in [6, 6.07) is 12.6. The fraction of sp³-hybridized carbons (Fsp3) is 0.367.